The van der Waals surface area contributed by atoms with E-state index in [-0.39, 0.29) is 39.6 Å². The van der Waals surface area contributed by atoms with Gasteiger partial charge in [-0.05, 0) is 71.7 Å². The molecule has 0 unspecified atom stereocenters. The monoisotopic (exact) mass is 940 g/mol. The zero-order valence-electron chi connectivity index (χ0n) is 36.6. The molecule has 2 aromatic carbocycles. The number of carbonyl (C=O) groups is 6. The lowest BCUT2D eigenvalue weighted by Crippen LogP contribution is -2.70. The van der Waals surface area contributed by atoms with E-state index in [1.807, 2.05) is 0 Å². The number of hydrogen-bond acceptors (Lipinski definition) is 19. The second kappa shape index (κ2) is 16.4. The van der Waals surface area contributed by atoms with Gasteiger partial charge >= 0.3 is 0 Å². The SMILES string of the molecule is CN(C)[C@@H]1C(O)=C(C(N)=O)C(=O)[C@@]2(O)C(O)=C3C(=O)c4c(O)cccc4[C@@](C)(O)[C@H]3C[C@@H]12.CN(C)[C@@H]1C(O)=C(C(N)=O)C(=O)[C@@]2(O)C(O)=C3C(=O)c4c(O)cccc4[C@@](C)(O)[C@H]3[C@H](O)[C@@H]12.O.O. The minimum atomic E-state index is -3.02. The summed E-state index contributed by atoms with van der Waals surface area (Å²) in [5.74, 6) is -17.6. The van der Waals surface area contributed by atoms with Crippen LogP contribution >= 0.6 is 0 Å². The molecule has 0 saturated heterocycles. The molecular formula is C44H52N4O19. The average Bonchev–Trinajstić information content (AvgIpc) is 3.19. The number of Topliss-reactive ketones (excluding diaryl/α,β-unsaturated/α-hetero) is 4. The molecule has 0 fully saturated rings. The van der Waals surface area contributed by atoms with E-state index in [1.54, 1.807) is 0 Å². The molecule has 0 aliphatic heterocycles. The summed E-state index contributed by atoms with van der Waals surface area (Å²) in [5.41, 5.74) is -2.53. The number of primary amides is 2. The third kappa shape index (κ3) is 6.52. The van der Waals surface area contributed by atoms with Crippen molar-refractivity contribution in [3.8, 4) is 11.5 Å². The van der Waals surface area contributed by atoms with Crippen LogP contribution < -0.4 is 11.5 Å². The molecule has 2 amide bonds. The zero-order valence-corrected chi connectivity index (χ0v) is 36.6. The Kier molecular flexibility index (Phi) is 12.6. The first-order chi connectivity index (χ1) is 30.0. The molecule has 23 heteroatoms. The summed E-state index contributed by atoms with van der Waals surface area (Å²) >= 11 is 0. The van der Waals surface area contributed by atoms with Crippen molar-refractivity contribution in [2.24, 2.45) is 35.1 Å². The highest BCUT2D eigenvalue weighted by molar-refractivity contribution is 6.26. The Morgan fingerprint density at radius 1 is 0.627 bits per heavy atom. The fourth-order valence-corrected chi connectivity index (χ4v) is 11.1. The molecule has 19 N–H and O–H groups in total. The van der Waals surface area contributed by atoms with E-state index in [1.165, 1.54) is 88.2 Å². The van der Waals surface area contributed by atoms with Crippen molar-refractivity contribution >= 4 is 34.9 Å². The summed E-state index contributed by atoms with van der Waals surface area (Å²) < 4.78 is 0. The van der Waals surface area contributed by atoms with Crippen molar-refractivity contribution in [3.63, 3.8) is 0 Å². The van der Waals surface area contributed by atoms with Crippen LogP contribution in [0.4, 0.5) is 0 Å². The molecular weight excluding hydrogens is 888 g/mol. The Labute approximate surface area is 379 Å². The number of carbonyl (C=O) groups excluding carboxylic acids is 6. The number of aliphatic hydroxyl groups excluding tert-OH is 5. The number of aliphatic hydroxyl groups is 9. The maximum Gasteiger partial charge on any atom is 0.255 e. The van der Waals surface area contributed by atoms with E-state index in [0.717, 1.165) is 0 Å². The number of phenols is 2. The van der Waals surface area contributed by atoms with Gasteiger partial charge in [0.1, 0.15) is 45.7 Å². The molecule has 0 saturated carbocycles. The van der Waals surface area contributed by atoms with Gasteiger partial charge in [0.15, 0.2) is 22.8 Å². The normalized spacial score (nSPS) is 34.1. The number of phenolic OH excluding ortho intramolecular Hbond substituents is 2. The van der Waals surface area contributed by atoms with Crippen LogP contribution in [0.25, 0.3) is 0 Å². The van der Waals surface area contributed by atoms with Crippen molar-refractivity contribution in [2.75, 3.05) is 28.2 Å². The van der Waals surface area contributed by atoms with E-state index in [0.29, 0.717) is 0 Å². The Bertz CT molecular complexity index is 2700. The number of fused-ring (bicyclic) bond motifs is 6. The van der Waals surface area contributed by atoms with E-state index in [4.69, 9.17) is 11.5 Å². The Morgan fingerprint density at radius 2 is 1.03 bits per heavy atom. The van der Waals surface area contributed by atoms with Crippen molar-refractivity contribution < 1.29 is 95.9 Å². The number of ketones is 4. The maximum absolute atomic E-state index is 13.3. The molecule has 0 spiro atoms. The predicted octanol–water partition coefficient (Wildman–Crippen LogP) is -3.11. The van der Waals surface area contributed by atoms with E-state index in [2.05, 4.69) is 0 Å². The second-order valence-corrected chi connectivity index (χ2v) is 18.0. The molecule has 11 atom stereocenters. The summed E-state index contributed by atoms with van der Waals surface area (Å²) in [6.45, 7) is 2.66. The lowest BCUT2D eigenvalue weighted by atomic mass is 9.54. The highest BCUT2D eigenvalue weighted by Gasteiger charge is 2.70. The van der Waals surface area contributed by atoms with Gasteiger partial charge in [0.2, 0.25) is 11.6 Å². The number of nitrogens with zero attached hydrogens (tertiary/aromatic N) is 2. The van der Waals surface area contributed by atoms with Crippen molar-refractivity contribution in [1.82, 2.24) is 9.80 Å². The number of benzene rings is 2. The molecule has 0 heterocycles. The van der Waals surface area contributed by atoms with Crippen LogP contribution in [0.5, 0.6) is 11.5 Å². The van der Waals surface area contributed by atoms with Crippen molar-refractivity contribution in [3.05, 3.63) is 104 Å². The summed E-state index contributed by atoms with van der Waals surface area (Å²) in [6, 6.07) is 5.59. The molecule has 362 valence electrons. The van der Waals surface area contributed by atoms with E-state index < -0.39 is 156 Å². The Hall–Kier alpha value is -6.54. The summed E-state index contributed by atoms with van der Waals surface area (Å²) in [4.78, 5) is 79.7. The lowest BCUT2D eigenvalue weighted by molar-refractivity contribution is -0.173. The number of amides is 2. The molecule has 2 aromatic rings. The first-order valence-corrected chi connectivity index (χ1v) is 20.0. The number of aromatic hydroxyl groups is 2. The Morgan fingerprint density at radius 3 is 1.48 bits per heavy atom. The third-order valence-electron chi connectivity index (χ3n) is 14.1. The van der Waals surface area contributed by atoms with Gasteiger partial charge in [0.25, 0.3) is 11.8 Å². The fraction of sp³-hybridized carbons (Fsp3) is 0.409. The van der Waals surface area contributed by atoms with E-state index >= 15 is 0 Å². The van der Waals surface area contributed by atoms with Crippen LogP contribution in [0, 0.1) is 23.7 Å². The van der Waals surface area contributed by atoms with Crippen molar-refractivity contribution in [2.45, 2.75) is 60.9 Å². The molecule has 0 aromatic heterocycles. The molecule has 6 aliphatic carbocycles. The maximum atomic E-state index is 13.3. The van der Waals surface area contributed by atoms with Gasteiger partial charge in [-0.25, -0.2) is 0 Å². The molecule has 6 aliphatic rings. The lowest BCUT2D eigenvalue weighted by Gasteiger charge is -2.55. The van der Waals surface area contributed by atoms with Crippen LogP contribution in [0.15, 0.2) is 81.7 Å². The minimum absolute atomic E-state index is 0. The summed E-state index contributed by atoms with van der Waals surface area (Å²) in [6.07, 6.45) is -2.07. The molecule has 8 rings (SSSR count). The van der Waals surface area contributed by atoms with Gasteiger partial charge in [-0.3, -0.25) is 38.6 Å². The van der Waals surface area contributed by atoms with E-state index in [9.17, 15) is 84.9 Å². The second-order valence-electron chi connectivity index (χ2n) is 18.0. The van der Waals surface area contributed by atoms with Gasteiger partial charge in [0, 0.05) is 17.4 Å². The highest BCUT2D eigenvalue weighted by Crippen LogP contribution is 2.58. The zero-order chi connectivity index (χ0) is 48.7. The van der Waals surface area contributed by atoms with Crippen LogP contribution in [-0.2, 0) is 30.4 Å². The van der Waals surface area contributed by atoms with Crippen molar-refractivity contribution in [1.29, 1.82) is 0 Å². The fourth-order valence-electron chi connectivity index (χ4n) is 11.1. The summed E-state index contributed by atoms with van der Waals surface area (Å²) in [7, 11) is 5.92. The van der Waals surface area contributed by atoms with Gasteiger partial charge in [0.05, 0.1) is 57.9 Å². The first-order valence-electron chi connectivity index (χ1n) is 20.0. The van der Waals surface area contributed by atoms with Crippen LogP contribution in [-0.4, -0.2) is 169 Å². The minimum Gasteiger partial charge on any atom is -0.510 e. The van der Waals surface area contributed by atoms with Gasteiger partial charge in [-0.15, -0.1) is 0 Å². The standard InChI is InChI=1S/C22H24N2O9.C22H24N2O8.2H2O/c1-21(32)7-5-4-6-8(25)9(7)15(26)10-12(21)17(28)13-14(24(2)3)16(27)11(20(23)31)19(30)22(13,33)18(10)29;1-21(31)8-5-4-6-11(25)12(8)16(26)13-9(21)7-10-15(24(2)3)17(27)14(20(23)30)19(29)22(10,32)18(13)28;;/h4-6,12-14,17,25,27-29,32-33H,1-3H3,(H2,23,31);4-6,9-10,15,25,27-28,31-32H,7H2,1-3H3,(H2,23,30);2*1H2/t12-,13-,14+,17+,21-,22+;9-,10-,15-,21+,22-;;/m10../s1. The number of likely N-dealkylation sites (N-methyl/N-ethyl adjacent to an activating group) is 2. The van der Waals surface area contributed by atoms with Crippen LogP contribution in [0.2, 0.25) is 0 Å². The smallest absolute Gasteiger partial charge is 0.255 e. The average molecular weight is 941 g/mol. The number of nitrogens with two attached hydrogens (primary N) is 2. The predicted molar refractivity (Wildman–Crippen MR) is 228 cm³/mol. The number of hydrogen-bond donors (Lipinski definition) is 13. The molecule has 23 nitrogen and oxygen atoms in total. The largest absolute Gasteiger partial charge is 0.510 e. The number of rotatable bonds is 4. The van der Waals surface area contributed by atoms with Crippen LogP contribution in [0.3, 0.4) is 0 Å². The third-order valence-corrected chi connectivity index (χ3v) is 14.1. The highest BCUT2D eigenvalue weighted by atomic mass is 16.4. The van der Waals surface area contributed by atoms with Crippen LogP contribution in [0.1, 0.15) is 52.1 Å². The molecule has 67 heavy (non-hydrogen) atoms. The summed E-state index contributed by atoms with van der Waals surface area (Å²) in [5, 5.41) is 122. The van der Waals surface area contributed by atoms with Gasteiger partial charge in [-0.2, -0.15) is 0 Å². The molecule has 0 bridgehead atoms. The van der Waals surface area contributed by atoms with Gasteiger partial charge in [-0.1, -0.05) is 24.3 Å². The molecule has 0 radical (unpaired) electrons. The topological polar surface area (TPSA) is 446 Å². The quantitative estimate of drug-likeness (QED) is 0.135. The Balaban J connectivity index is 0.000000244. The van der Waals surface area contributed by atoms with Gasteiger partial charge < -0.3 is 78.6 Å². The first kappa shape index (κ1) is 51.4.